The number of piperidine rings is 1. The molecule has 1 atom stereocenters. The van der Waals surface area contributed by atoms with Gasteiger partial charge in [-0.05, 0) is 56.8 Å². The molecule has 2 heterocycles. The van der Waals surface area contributed by atoms with Gasteiger partial charge in [0, 0.05) is 32.7 Å². The van der Waals surface area contributed by atoms with E-state index in [1.807, 2.05) is 0 Å². The molecule has 3 rings (SSSR count). The van der Waals surface area contributed by atoms with Gasteiger partial charge in [0.15, 0.2) is 0 Å². The Kier molecular flexibility index (Phi) is 5.40. The number of hydrogen-bond donors (Lipinski definition) is 1. The van der Waals surface area contributed by atoms with Crippen LogP contribution in [0.1, 0.15) is 64.2 Å². The zero-order chi connectivity index (χ0) is 15.4. The lowest BCUT2D eigenvalue weighted by atomic mass is 9.78. The number of aliphatic hydroxyl groups excluding tert-OH is 1. The molecule has 1 aliphatic carbocycles. The molecule has 0 aromatic heterocycles. The first-order valence-electron chi connectivity index (χ1n) is 9.23. The summed E-state index contributed by atoms with van der Waals surface area (Å²) in [5.74, 6) is 1.60. The van der Waals surface area contributed by atoms with Crippen molar-refractivity contribution in [2.75, 3.05) is 26.3 Å². The molecule has 1 saturated carbocycles. The minimum atomic E-state index is -0.0117. The Morgan fingerprint density at radius 1 is 1.14 bits per heavy atom. The maximum atomic E-state index is 12.4. The van der Waals surface area contributed by atoms with E-state index >= 15 is 0 Å². The Hall–Kier alpha value is -0.610. The summed E-state index contributed by atoms with van der Waals surface area (Å²) in [5.41, 5.74) is -0.0117. The van der Waals surface area contributed by atoms with Gasteiger partial charge in [0.1, 0.15) is 0 Å². The van der Waals surface area contributed by atoms with Crippen LogP contribution in [0.3, 0.4) is 0 Å². The number of rotatable bonds is 4. The molecule has 1 unspecified atom stereocenters. The van der Waals surface area contributed by atoms with Gasteiger partial charge in [0.2, 0.25) is 5.91 Å². The van der Waals surface area contributed by atoms with Gasteiger partial charge >= 0.3 is 0 Å². The van der Waals surface area contributed by atoms with Crippen LogP contribution < -0.4 is 0 Å². The first-order chi connectivity index (χ1) is 10.7. The topological polar surface area (TPSA) is 49.8 Å². The first kappa shape index (κ1) is 16.3. The van der Waals surface area contributed by atoms with E-state index in [1.165, 1.54) is 25.7 Å². The van der Waals surface area contributed by atoms with Gasteiger partial charge in [-0.15, -0.1) is 0 Å². The summed E-state index contributed by atoms with van der Waals surface area (Å²) < 4.78 is 6.12. The van der Waals surface area contributed by atoms with E-state index in [1.54, 1.807) is 0 Å². The van der Waals surface area contributed by atoms with Gasteiger partial charge < -0.3 is 14.7 Å². The standard InChI is InChI=1S/C18H31NO3/c20-11-5-16-6-12-22-18(14-16)7-9-19(10-8-18)17(21)13-15-3-1-2-4-15/h15-16,20H,1-14H2. The predicted molar refractivity (Wildman–Crippen MR) is 85.5 cm³/mol. The van der Waals surface area contributed by atoms with Crippen LogP contribution in [0.2, 0.25) is 0 Å². The zero-order valence-electron chi connectivity index (χ0n) is 13.8. The van der Waals surface area contributed by atoms with Gasteiger partial charge in [-0.1, -0.05) is 12.8 Å². The highest BCUT2D eigenvalue weighted by Crippen LogP contribution is 2.39. The Bertz CT molecular complexity index is 369. The monoisotopic (exact) mass is 309 g/mol. The van der Waals surface area contributed by atoms with Gasteiger partial charge in [0.05, 0.1) is 5.60 Å². The fourth-order valence-electron chi connectivity index (χ4n) is 4.66. The fourth-order valence-corrected chi connectivity index (χ4v) is 4.66. The van der Waals surface area contributed by atoms with Crippen molar-refractivity contribution in [1.82, 2.24) is 4.90 Å². The van der Waals surface area contributed by atoms with Gasteiger partial charge in [-0.2, -0.15) is 0 Å². The average molecular weight is 309 g/mol. The van der Waals surface area contributed by atoms with Crippen molar-refractivity contribution in [1.29, 1.82) is 0 Å². The molecule has 4 nitrogen and oxygen atoms in total. The molecule has 4 heteroatoms. The minimum Gasteiger partial charge on any atom is -0.396 e. The summed E-state index contributed by atoms with van der Waals surface area (Å²) in [6, 6.07) is 0. The van der Waals surface area contributed by atoms with Crippen molar-refractivity contribution in [2.45, 2.75) is 69.8 Å². The predicted octanol–water partition coefficient (Wildman–Crippen LogP) is 2.74. The highest BCUT2D eigenvalue weighted by atomic mass is 16.5. The summed E-state index contributed by atoms with van der Waals surface area (Å²) >= 11 is 0. The van der Waals surface area contributed by atoms with Crippen LogP contribution in [0.5, 0.6) is 0 Å². The molecule has 1 amide bonds. The van der Waals surface area contributed by atoms with Gasteiger partial charge in [0.25, 0.3) is 0 Å². The highest BCUT2D eigenvalue weighted by Gasteiger charge is 2.41. The summed E-state index contributed by atoms with van der Waals surface area (Å²) in [5, 5.41) is 9.16. The van der Waals surface area contributed by atoms with Gasteiger partial charge in [-0.25, -0.2) is 0 Å². The largest absolute Gasteiger partial charge is 0.396 e. The van der Waals surface area contributed by atoms with Crippen LogP contribution in [0, 0.1) is 11.8 Å². The molecule has 0 aromatic carbocycles. The third-order valence-corrected chi connectivity index (χ3v) is 6.10. The van der Waals surface area contributed by atoms with Crippen molar-refractivity contribution >= 4 is 5.91 Å². The van der Waals surface area contributed by atoms with Crippen molar-refractivity contribution in [3.63, 3.8) is 0 Å². The molecule has 2 saturated heterocycles. The van der Waals surface area contributed by atoms with E-state index in [4.69, 9.17) is 9.84 Å². The molecular weight excluding hydrogens is 278 g/mol. The molecular formula is C18H31NO3. The second-order valence-electron chi connectivity index (χ2n) is 7.64. The summed E-state index contributed by atoms with van der Waals surface area (Å²) in [4.78, 5) is 14.5. The summed E-state index contributed by atoms with van der Waals surface area (Å²) in [6.07, 6.45) is 10.9. The second-order valence-corrected chi connectivity index (χ2v) is 7.64. The number of hydrogen-bond acceptors (Lipinski definition) is 3. The molecule has 0 aromatic rings. The molecule has 126 valence electrons. The second kappa shape index (κ2) is 7.31. The molecule has 1 N–H and O–H groups in total. The number of amides is 1. The molecule has 3 fully saturated rings. The van der Waals surface area contributed by atoms with E-state index in [2.05, 4.69) is 4.90 Å². The number of likely N-dealkylation sites (tertiary alicyclic amines) is 1. The highest BCUT2D eigenvalue weighted by molar-refractivity contribution is 5.76. The van der Waals surface area contributed by atoms with Crippen LogP contribution in [0.25, 0.3) is 0 Å². The number of ether oxygens (including phenoxy) is 1. The fraction of sp³-hybridized carbons (Fsp3) is 0.944. The SMILES string of the molecule is O=C(CC1CCCC1)N1CCC2(CC1)CC(CCO)CCO2. The van der Waals surface area contributed by atoms with Crippen LogP contribution >= 0.6 is 0 Å². The van der Waals surface area contributed by atoms with Crippen molar-refractivity contribution in [3.8, 4) is 0 Å². The molecule has 0 bridgehead atoms. The van der Waals surface area contributed by atoms with Crippen molar-refractivity contribution in [2.24, 2.45) is 11.8 Å². The Labute approximate surface area is 134 Å². The third-order valence-electron chi connectivity index (χ3n) is 6.10. The van der Waals surface area contributed by atoms with E-state index < -0.39 is 0 Å². The van der Waals surface area contributed by atoms with Crippen LogP contribution in [0.4, 0.5) is 0 Å². The number of aliphatic hydroxyl groups is 1. The Balaban J connectivity index is 1.47. The van der Waals surface area contributed by atoms with Crippen LogP contribution in [-0.4, -0.2) is 47.8 Å². The Morgan fingerprint density at radius 3 is 2.55 bits per heavy atom. The molecule has 0 radical (unpaired) electrons. The maximum Gasteiger partial charge on any atom is 0.222 e. The van der Waals surface area contributed by atoms with E-state index in [-0.39, 0.29) is 12.2 Å². The number of carbonyl (C=O) groups excluding carboxylic acids is 1. The maximum absolute atomic E-state index is 12.4. The minimum absolute atomic E-state index is 0.0117. The van der Waals surface area contributed by atoms with Crippen LogP contribution in [0.15, 0.2) is 0 Å². The first-order valence-corrected chi connectivity index (χ1v) is 9.23. The lowest BCUT2D eigenvalue weighted by Crippen LogP contribution is -2.51. The van der Waals surface area contributed by atoms with E-state index in [9.17, 15) is 4.79 Å². The lowest BCUT2D eigenvalue weighted by molar-refractivity contribution is -0.148. The lowest BCUT2D eigenvalue weighted by Gasteiger charge is -2.46. The molecule has 22 heavy (non-hydrogen) atoms. The molecule has 3 aliphatic rings. The van der Waals surface area contributed by atoms with E-state index in [0.29, 0.717) is 17.7 Å². The quantitative estimate of drug-likeness (QED) is 0.868. The summed E-state index contributed by atoms with van der Waals surface area (Å²) in [6.45, 7) is 2.82. The number of carbonyl (C=O) groups is 1. The normalized spacial score (nSPS) is 29.1. The van der Waals surface area contributed by atoms with E-state index in [0.717, 1.165) is 58.2 Å². The van der Waals surface area contributed by atoms with Crippen LogP contribution in [-0.2, 0) is 9.53 Å². The third kappa shape index (κ3) is 3.83. The summed E-state index contributed by atoms with van der Waals surface area (Å²) in [7, 11) is 0. The molecule has 2 aliphatic heterocycles. The smallest absolute Gasteiger partial charge is 0.222 e. The van der Waals surface area contributed by atoms with Gasteiger partial charge in [-0.3, -0.25) is 4.79 Å². The average Bonchev–Trinajstić information content (AvgIpc) is 3.01. The van der Waals surface area contributed by atoms with Crippen molar-refractivity contribution in [3.05, 3.63) is 0 Å². The Morgan fingerprint density at radius 2 is 1.86 bits per heavy atom. The number of nitrogens with zero attached hydrogens (tertiary/aromatic N) is 1. The van der Waals surface area contributed by atoms with Crippen molar-refractivity contribution < 1.29 is 14.6 Å². The zero-order valence-corrected chi connectivity index (χ0v) is 13.8. The molecule has 1 spiro atoms.